The molecule has 0 heterocycles. The van der Waals surface area contributed by atoms with Gasteiger partial charge in [0, 0.05) is 13.0 Å². The van der Waals surface area contributed by atoms with Crippen LogP contribution in [-0.2, 0) is 17.8 Å². The van der Waals surface area contributed by atoms with Crippen LogP contribution in [0.4, 0.5) is 8.78 Å². The van der Waals surface area contributed by atoms with E-state index in [0.29, 0.717) is 12.1 Å². The molecule has 0 unspecified atom stereocenters. The van der Waals surface area contributed by atoms with Gasteiger partial charge >= 0.3 is 0 Å². The molecule has 0 aromatic heterocycles. The second kappa shape index (κ2) is 7.09. The lowest BCUT2D eigenvalue weighted by atomic mass is 10.1. The van der Waals surface area contributed by atoms with E-state index in [2.05, 4.69) is 0 Å². The highest BCUT2D eigenvalue weighted by Gasteiger charge is 2.10. The van der Waals surface area contributed by atoms with Crippen molar-refractivity contribution in [3.05, 3.63) is 71.3 Å². The van der Waals surface area contributed by atoms with Gasteiger partial charge in [-0.05, 0) is 36.4 Å². The van der Waals surface area contributed by atoms with Crippen molar-refractivity contribution in [2.24, 2.45) is 0 Å². The predicted molar refractivity (Wildman–Crippen MR) is 77.8 cm³/mol. The lowest BCUT2D eigenvalue weighted by Gasteiger charge is -2.16. The molecule has 0 atom stereocenters. The largest absolute Gasteiger partial charge is 0.298 e. The third-order valence-corrected chi connectivity index (χ3v) is 3.16. The Morgan fingerprint density at radius 1 is 1.05 bits per heavy atom. The monoisotopic (exact) mass is 289 g/mol. The van der Waals surface area contributed by atoms with E-state index in [0.717, 1.165) is 5.56 Å². The van der Waals surface area contributed by atoms with Gasteiger partial charge in [0.1, 0.15) is 11.6 Å². The number of benzene rings is 2. The molecule has 2 rings (SSSR count). The lowest BCUT2D eigenvalue weighted by Crippen LogP contribution is -2.26. The standard InChI is InChI=1S/C17H17F2NO/c1-20(11-13-6-8-15(18)9-7-13)12-16(21)10-14-4-2-3-5-17(14)19/h2-9H,10-12H2,1H3. The van der Waals surface area contributed by atoms with Crippen LogP contribution >= 0.6 is 0 Å². The van der Waals surface area contributed by atoms with E-state index in [4.69, 9.17) is 0 Å². The van der Waals surface area contributed by atoms with Gasteiger partial charge in [0.25, 0.3) is 0 Å². The zero-order valence-corrected chi connectivity index (χ0v) is 11.9. The van der Waals surface area contributed by atoms with Gasteiger partial charge in [0.15, 0.2) is 5.78 Å². The highest BCUT2D eigenvalue weighted by Crippen LogP contribution is 2.09. The number of hydrogen-bond acceptors (Lipinski definition) is 2. The minimum absolute atomic E-state index is 0.0512. The molecule has 0 spiro atoms. The van der Waals surface area contributed by atoms with Crippen molar-refractivity contribution < 1.29 is 13.6 Å². The molecular weight excluding hydrogens is 272 g/mol. The first-order chi connectivity index (χ1) is 10.0. The van der Waals surface area contributed by atoms with Gasteiger partial charge in [-0.25, -0.2) is 8.78 Å². The van der Waals surface area contributed by atoms with Crippen LogP contribution in [0.15, 0.2) is 48.5 Å². The zero-order valence-electron chi connectivity index (χ0n) is 11.9. The topological polar surface area (TPSA) is 20.3 Å². The summed E-state index contributed by atoms with van der Waals surface area (Å²) < 4.78 is 26.3. The summed E-state index contributed by atoms with van der Waals surface area (Å²) in [5.41, 5.74) is 1.34. The Morgan fingerprint density at radius 2 is 1.71 bits per heavy atom. The summed E-state index contributed by atoms with van der Waals surface area (Å²) in [4.78, 5) is 13.8. The number of halogens is 2. The number of rotatable bonds is 6. The molecule has 0 fully saturated rings. The number of hydrogen-bond donors (Lipinski definition) is 0. The van der Waals surface area contributed by atoms with Gasteiger partial charge < -0.3 is 0 Å². The van der Waals surface area contributed by atoms with E-state index in [-0.39, 0.29) is 30.4 Å². The van der Waals surface area contributed by atoms with E-state index in [1.54, 1.807) is 30.3 Å². The minimum atomic E-state index is -0.355. The van der Waals surface area contributed by atoms with Gasteiger partial charge in [-0.3, -0.25) is 9.69 Å². The van der Waals surface area contributed by atoms with Crippen LogP contribution in [0.25, 0.3) is 0 Å². The van der Waals surface area contributed by atoms with Crippen LogP contribution in [0.2, 0.25) is 0 Å². The summed E-state index contributed by atoms with van der Waals surface area (Å²) >= 11 is 0. The Kier molecular flexibility index (Phi) is 5.17. The van der Waals surface area contributed by atoms with E-state index in [9.17, 15) is 13.6 Å². The van der Waals surface area contributed by atoms with Crippen molar-refractivity contribution in [2.75, 3.05) is 13.6 Å². The second-order valence-corrected chi connectivity index (χ2v) is 5.11. The van der Waals surface area contributed by atoms with Crippen LogP contribution in [0.3, 0.4) is 0 Å². The molecular formula is C17H17F2NO. The fourth-order valence-electron chi connectivity index (χ4n) is 2.17. The molecule has 0 saturated heterocycles. The lowest BCUT2D eigenvalue weighted by molar-refractivity contribution is -0.119. The summed E-state index contributed by atoms with van der Waals surface area (Å²) in [6.45, 7) is 0.773. The van der Waals surface area contributed by atoms with Crippen molar-refractivity contribution in [2.45, 2.75) is 13.0 Å². The molecule has 2 nitrogen and oxygen atoms in total. The molecule has 0 saturated carbocycles. The fourth-order valence-corrected chi connectivity index (χ4v) is 2.17. The van der Waals surface area contributed by atoms with Crippen LogP contribution in [-0.4, -0.2) is 24.3 Å². The smallest absolute Gasteiger partial charge is 0.151 e. The molecule has 21 heavy (non-hydrogen) atoms. The highest BCUT2D eigenvalue weighted by molar-refractivity contribution is 5.82. The molecule has 0 bridgehead atoms. The van der Waals surface area contributed by atoms with E-state index >= 15 is 0 Å². The molecule has 2 aromatic rings. The van der Waals surface area contributed by atoms with Gasteiger partial charge in [-0.1, -0.05) is 30.3 Å². The van der Waals surface area contributed by atoms with Crippen molar-refractivity contribution in [1.29, 1.82) is 0 Å². The summed E-state index contributed by atoms with van der Waals surface area (Å²) in [6, 6.07) is 12.4. The number of carbonyl (C=O) groups excluding carboxylic acids is 1. The first kappa shape index (κ1) is 15.3. The fraction of sp³-hybridized carbons (Fsp3) is 0.235. The molecule has 0 N–H and O–H groups in total. The van der Waals surface area contributed by atoms with Gasteiger partial charge in [0.2, 0.25) is 0 Å². The first-order valence-corrected chi connectivity index (χ1v) is 6.72. The molecule has 0 aliphatic carbocycles. The van der Waals surface area contributed by atoms with E-state index in [1.807, 2.05) is 11.9 Å². The van der Waals surface area contributed by atoms with Crippen LogP contribution in [0.1, 0.15) is 11.1 Å². The summed E-state index contributed by atoms with van der Waals surface area (Å²) in [5.74, 6) is -0.686. The molecule has 0 aliphatic rings. The molecule has 0 aliphatic heterocycles. The van der Waals surface area contributed by atoms with Crippen molar-refractivity contribution in [3.8, 4) is 0 Å². The third-order valence-electron chi connectivity index (χ3n) is 3.16. The normalized spacial score (nSPS) is 10.9. The first-order valence-electron chi connectivity index (χ1n) is 6.72. The van der Waals surface area contributed by atoms with Crippen LogP contribution < -0.4 is 0 Å². The van der Waals surface area contributed by atoms with Crippen LogP contribution in [0, 0.1) is 11.6 Å². The predicted octanol–water partition coefficient (Wildman–Crippen LogP) is 3.21. The maximum absolute atomic E-state index is 13.5. The Morgan fingerprint density at radius 3 is 2.38 bits per heavy atom. The minimum Gasteiger partial charge on any atom is -0.298 e. The number of likely N-dealkylation sites (N-methyl/N-ethyl adjacent to an activating group) is 1. The molecule has 0 radical (unpaired) electrons. The van der Waals surface area contributed by atoms with E-state index in [1.165, 1.54) is 18.2 Å². The Hall–Kier alpha value is -2.07. The zero-order chi connectivity index (χ0) is 15.2. The Labute approximate surface area is 123 Å². The van der Waals surface area contributed by atoms with E-state index < -0.39 is 0 Å². The van der Waals surface area contributed by atoms with Crippen molar-refractivity contribution in [3.63, 3.8) is 0 Å². The van der Waals surface area contributed by atoms with Crippen LogP contribution in [0.5, 0.6) is 0 Å². The van der Waals surface area contributed by atoms with Gasteiger partial charge in [0.05, 0.1) is 6.54 Å². The van der Waals surface area contributed by atoms with Crippen molar-refractivity contribution in [1.82, 2.24) is 4.90 Å². The number of ketones is 1. The second-order valence-electron chi connectivity index (χ2n) is 5.11. The molecule has 110 valence electrons. The maximum atomic E-state index is 13.5. The quantitative estimate of drug-likeness (QED) is 0.814. The average molecular weight is 289 g/mol. The highest BCUT2D eigenvalue weighted by atomic mass is 19.1. The summed E-state index contributed by atoms with van der Waals surface area (Å²) in [5, 5.41) is 0. The van der Waals surface area contributed by atoms with Gasteiger partial charge in [-0.2, -0.15) is 0 Å². The Balaban J connectivity index is 1.87. The molecule has 4 heteroatoms. The molecule has 0 amide bonds. The Bertz CT molecular complexity index is 610. The average Bonchev–Trinajstić information content (AvgIpc) is 2.44. The number of Topliss-reactive ketones (excluding diaryl/α,β-unsaturated/α-hetero) is 1. The molecule has 2 aromatic carbocycles. The summed E-state index contributed by atoms with van der Waals surface area (Å²) in [7, 11) is 1.81. The number of carbonyl (C=O) groups is 1. The third kappa shape index (κ3) is 4.76. The van der Waals surface area contributed by atoms with Crippen molar-refractivity contribution >= 4 is 5.78 Å². The maximum Gasteiger partial charge on any atom is 0.151 e. The SMILES string of the molecule is CN(CC(=O)Cc1ccccc1F)Cc1ccc(F)cc1. The van der Waals surface area contributed by atoms with Gasteiger partial charge in [-0.15, -0.1) is 0 Å². The number of nitrogens with zero attached hydrogens (tertiary/aromatic N) is 1. The summed E-state index contributed by atoms with van der Waals surface area (Å²) in [6.07, 6.45) is 0.0838.